The smallest absolute Gasteiger partial charge is 0.224 e. The number of halogens is 1. The van der Waals surface area contributed by atoms with Crippen molar-refractivity contribution in [3.8, 4) is 0 Å². The summed E-state index contributed by atoms with van der Waals surface area (Å²) in [5.41, 5.74) is 0.730. The van der Waals surface area contributed by atoms with Gasteiger partial charge in [0.1, 0.15) is 5.82 Å². The van der Waals surface area contributed by atoms with E-state index in [-0.39, 0.29) is 18.1 Å². The number of benzene rings is 1. The lowest BCUT2D eigenvalue weighted by atomic mass is 10.0. The Morgan fingerprint density at radius 3 is 2.84 bits per heavy atom. The maximum atomic E-state index is 13.0. The van der Waals surface area contributed by atoms with Crippen molar-refractivity contribution in [3.63, 3.8) is 0 Å². The molecule has 1 aromatic rings. The third kappa shape index (κ3) is 5.01. The van der Waals surface area contributed by atoms with Crippen LogP contribution in [0.15, 0.2) is 24.3 Å². The van der Waals surface area contributed by atoms with E-state index in [1.807, 2.05) is 0 Å². The molecule has 0 radical (unpaired) electrons. The molecule has 3 heteroatoms. The zero-order chi connectivity index (χ0) is 13.5. The minimum atomic E-state index is -0.286. The molecular formula is C16H22FNO. The number of carbonyl (C=O) groups excluding carboxylic acids is 1. The highest BCUT2D eigenvalue weighted by Crippen LogP contribution is 2.28. The first kappa shape index (κ1) is 14.0. The Balaban J connectivity index is 1.61. The predicted octanol–water partition coefficient (Wildman–Crippen LogP) is 3.45. The van der Waals surface area contributed by atoms with Gasteiger partial charge in [-0.05, 0) is 36.5 Å². The average Bonchev–Trinajstić information content (AvgIpc) is 2.88. The first-order valence-electron chi connectivity index (χ1n) is 7.25. The number of rotatable bonds is 6. The van der Waals surface area contributed by atoms with Crippen molar-refractivity contribution in [1.29, 1.82) is 0 Å². The van der Waals surface area contributed by atoms with Crippen molar-refractivity contribution in [3.05, 3.63) is 35.6 Å². The Morgan fingerprint density at radius 2 is 2.11 bits per heavy atom. The highest BCUT2D eigenvalue weighted by molar-refractivity contribution is 5.78. The van der Waals surface area contributed by atoms with Crippen molar-refractivity contribution >= 4 is 5.91 Å². The van der Waals surface area contributed by atoms with Crippen LogP contribution in [0.4, 0.5) is 4.39 Å². The van der Waals surface area contributed by atoms with Crippen LogP contribution in [-0.4, -0.2) is 12.5 Å². The molecule has 1 saturated carbocycles. The molecule has 2 nitrogen and oxygen atoms in total. The summed E-state index contributed by atoms with van der Waals surface area (Å²) < 4.78 is 13.0. The van der Waals surface area contributed by atoms with Gasteiger partial charge in [0, 0.05) is 6.54 Å². The van der Waals surface area contributed by atoms with Crippen LogP contribution in [0.1, 0.15) is 44.1 Å². The van der Waals surface area contributed by atoms with Crippen molar-refractivity contribution in [1.82, 2.24) is 5.32 Å². The van der Waals surface area contributed by atoms with E-state index in [0.717, 1.165) is 24.4 Å². The molecule has 1 N–H and O–H groups in total. The Labute approximate surface area is 114 Å². The summed E-state index contributed by atoms with van der Waals surface area (Å²) in [6.07, 6.45) is 8.00. The molecule has 1 fully saturated rings. The molecule has 1 amide bonds. The van der Waals surface area contributed by atoms with E-state index in [9.17, 15) is 9.18 Å². The summed E-state index contributed by atoms with van der Waals surface area (Å²) in [7, 11) is 0. The summed E-state index contributed by atoms with van der Waals surface area (Å²) in [6, 6.07) is 6.22. The zero-order valence-electron chi connectivity index (χ0n) is 11.3. The van der Waals surface area contributed by atoms with Crippen LogP contribution in [0.2, 0.25) is 0 Å². The van der Waals surface area contributed by atoms with E-state index in [2.05, 4.69) is 5.32 Å². The van der Waals surface area contributed by atoms with Gasteiger partial charge in [0.2, 0.25) is 5.91 Å². The Kier molecular flexibility index (Phi) is 5.37. The van der Waals surface area contributed by atoms with Crippen LogP contribution in [0.3, 0.4) is 0 Å². The van der Waals surface area contributed by atoms with Gasteiger partial charge in [0.25, 0.3) is 0 Å². The Hall–Kier alpha value is -1.38. The normalized spacial score (nSPS) is 15.6. The molecule has 104 valence electrons. The van der Waals surface area contributed by atoms with E-state index < -0.39 is 0 Å². The van der Waals surface area contributed by atoms with E-state index in [1.54, 1.807) is 12.1 Å². The fraction of sp³-hybridized carbons (Fsp3) is 0.562. The number of hydrogen-bond acceptors (Lipinski definition) is 1. The number of hydrogen-bond donors (Lipinski definition) is 1. The van der Waals surface area contributed by atoms with Gasteiger partial charge in [-0.1, -0.05) is 37.8 Å². The summed E-state index contributed by atoms with van der Waals surface area (Å²) in [4.78, 5) is 11.7. The quantitative estimate of drug-likeness (QED) is 0.782. The highest BCUT2D eigenvalue weighted by atomic mass is 19.1. The van der Waals surface area contributed by atoms with Gasteiger partial charge in [-0.25, -0.2) is 4.39 Å². The van der Waals surface area contributed by atoms with Crippen molar-refractivity contribution < 1.29 is 9.18 Å². The molecule has 0 aliphatic heterocycles. The lowest BCUT2D eigenvalue weighted by Gasteiger charge is -2.09. The molecule has 19 heavy (non-hydrogen) atoms. The van der Waals surface area contributed by atoms with E-state index in [4.69, 9.17) is 0 Å². The van der Waals surface area contributed by atoms with Gasteiger partial charge in [-0.15, -0.1) is 0 Å². The zero-order valence-corrected chi connectivity index (χ0v) is 11.3. The van der Waals surface area contributed by atoms with Gasteiger partial charge in [-0.2, -0.15) is 0 Å². The molecule has 0 spiro atoms. The van der Waals surface area contributed by atoms with Crippen LogP contribution < -0.4 is 5.32 Å². The Morgan fingerprint density at radius 1 is 1.32 bits per heavy atom. The van der Waals surface area contributed by atoms with Crippen LogP contribution in [0.25, 0.3) is 0 Å². The molecule has 1 aliphatic rings. The number of nitrogens with one attached hydrogen (secondary N) is 1. The summed E-state index contributed by atoms with van der Waals surface area (Å²) in [6.45, 7) is 0.741. The van der Waals surface area contributed by atoms with Gasteiger partial charge in [0.05, 0.1) is 6.42 Å². The maximum absolute atomic E-state index is 13.0. The third-order valence-electron chi connectivity index (χ3n) is 3.84. The number of carbonyl (C=O) groups is 1. The monoisotopic (exact) mass is 263 g/mol. The maximum Gasteiger partial charge on any atom is 0.224 e. The van der Waals surface area contributed by atoms with Crippen molar-refractivity contribution in [2.24, 2.45) is 5.92 Å². The molecule has 1 aliphatic carbocycles. The van der Waals surface area contributed by atoms with Crippen LogP contribution >= 0.6 is 0 Å². The standard InChI is InChI=1S/C16H22FNO/c17-15-9-3-7-14(11-15)12-16(19)18-10-4-8-13-5-1-2-6-13/h3,7,9,11,13H,1-2,4-6,8,10,12H2,(H,18,19). The van der Waals surface area contributed by atoms with Crippen LogP contribution in [0.5, 0.6) is 0 Å². The van der Waals surface area contributed by atoms with Crippen molar-refractivity contribution in [2.45, 2.75) is 44.9 Å². The Bertz CT molecular complexity index is 413. The molecule has 1 aromatic carbocycles. The summed E-state index contributed by atoms with van der Waals surface area (Å²) >= 11 is 0. The molecule has 0 atom stereocenters. The lowest BCUT2D eigenvalue weighted by molar-refractivity contribution is -0.120. The molecule has 0 saturated heterocycles. The molecule has 0 heterocycles. The van der Waals surface area contributed by atoms with Gasteiger partial charge >= 0.3 is 0 Å². The largest absolute Gasteiger partial charge is 0.356 e. The third-order valence-corrected chi connectivity index (χ3v) is 3.84. The average molecular weight is 263 g/mol. The topological polar surface area (TPSA) is 29.1 Å². The molecular weight excluding hydrogens is 241 g/mol. The second-order valence-electron chi connectivity index (χ2n) is 5.45. The van der Waals surface area contributed by atoms with E-state index >= 15 is 0 Å². The SMILES string of the molecule is O=C(Cc1cccc(F)c1)NCCCC1CCCC1. The summed E-state index contributed by atoms with van der Waals surface area (Å²) in [5.74, 6) is 0.573. The van der Waals surface area contributed by atoms with Gasteiger partial charge in [0.15, 0.2) is 0 Å². The van der Waals surface area contributed by atoms with Gasteiger partial charge in [-0.3, -0.25) is 4.79 Å². The lowest BCUT2D eigenvalue weighted by Crippen LogP contribution is -2.26. The first-order valence-corrected chi connectivity index (χ1v) is 7.25. The highest BCUT2D eigenvalue weighted by Gasteiger charge is 2.14. The minimum absolute atomic E-state index is 0.0166. The van der Waals surface area contributed by atoms with Crippen molar-refractivity contribution in [2.75, 3.05) is 6.54 Å². The molecule has 2 rings (SSSR count). The number of amides is 1. The fourth-order valence-corrected chi connectivity index (χ4v) is 2.81. The van der Waals surface area contributed by atoms with Crippen LogP contribution in [0, 0.1) is 11.7 Å². The fourth-order valence-electron chi connectivity index (χ4n) is 2.81. The molecule has 0 aromatic heterocycles. The van der Waals surface area contributed by atoms with E-state index in [0.29, 0.717) is 0 Å². The van der Waals surface area contributed by atoms with E-state index in [1.165, 1.54) is 44.2 Å². The van der Waals surface area contributed by atoms with Crippen LogP contribution in [-0.2, 0) is 11.2 Å². The summed E-state index contributed by atoms with van der Waals surface area (Å²) in [5, 5.41) is 2.91. The molecule has 0 unspecified atom stereocenters. The predicted molar refractivity (Wildman–Crippen MR) is 74.3 cm³/mol. The first-order chi connectivity index (χ1) is 9.24. The van der Waals surface area contributed by atoms with Gasteiger partial charge < -0.3 is 5.32 Å². The molecule has 0 bridgehead atoms. The minimum Gasteiger partial charge on any atom is -0.356 e. The second kappa shape index (κ2) is 7.27. The second-order valence-corrected chi connectivity index (χ2v) is 5.45.